The van der Waals surface area contributed by atoms with Gasteiger partial charge in [-0.3, -0.25) is 10.1 Å². The van der Waals surface area contributed by atoms with Crippen LogP contribution in [0.4, 0.5) is 11.6 Å². The van der Waals surface area contributed by atoms with E-state index in [-0.39, 0.29) is 5.88 Å². The van der Waals surface area contributed by atoms with Crippen molar-refractivity contribution in [3.05, 3.63) is 57.8 Å². The number of benzene rings is 1. The fourth-order valence-electron chi connectivity index (χ4n) is 2.43. The fourth-order valence-corrected chi connectivity index (χ4v) is 2.43. The van der Waals surface area contributed by atoms with Gasteiger partial charge >= 0.3 is 5.88 Å². The lowest BCUT2D eigenvalue weighted by Crippen LogP contribution is -2.28. The minimum atomic E-state index is -0.512. The summed E-state index contributed by atoms with van der Waals surface area (Å²) in [5, 5.41) is 14.0. The molecule has 3 rings (SSSR count). The highest BCUT2D eigenvalue weighted by Gasteiger charge is 2.18. The Morgan fingerprint density at radius 2 is 2.15 bits per heavy atom. The van der Waals surface area contributed by atoms with E-state index in [1.165, 1.54) is 11.6 Å². The fraction of sp³-hybridized carbons (Fsp3) is 0.286. The Morgan fingerprint density at radius 3 is 2.95 bits per heavy atom. The number of nitrogens with zero attached hydrogens (tertiary/aromatic N) is 2. The van der Waals surface area contributed by atoms with Gasteiger partial charge in [0.25, 0.3) is 0 Å². The zero-order valence-electron chi connectivity index (χ0n) is 10.9. The van der Waals surface area contributed by atoms with Crippen LogP contribution in [0.1, 0.15) is 11.3 Å². The average molecular weight is 273 g/mol. The van der Waals surface area contributed by atoms with Gasteiger partial charge in [-0.1, -0.05) is 18.2 Å². The molecular weight excluding hydrogens is 258 g/mol. The third kappa shape index (κ3) is 2.50. The molecule has 6 nitrogen and oxygen atoms in total. The number of furan rings is 1. The van der Waals surface area contributed by atoms with Gasteiger partial charge in [0, 0.05) is 25.3 Å². The van der Waals surface area contributed by atoms with Gasteiger partial charge in [0.2, 0.25) is 0 Å². The van der Waals surface area contributed by atoms with Crippen molar-refractivity contribution in [3.63, 3.8) is 0 Å². The number of rotatable bonds is 3. The summed E-state index contributed by atoms with van der Waals surface area (Å²) in [6.07, 6.45) is 0. The van der Waals surface area contributed by atoms with E-state index in [0.29, 0.717) is 12.3 Å². The number of hydrogen-bond acceptors (Lipinski definition) is 5. The van der Waals surface area contributed by atoms with Crippen LogP contribution in [0.25, 0.3) is 0 Å². The average Bonchev–Trinajstić information content (AvgIpc) is 2.82. The Bertz CT molecular complexity index is 624. The van der Waals surface area contributed by atoms with E-state index in [1.54, 1.807) is 6.07 Å². The maximum atomic E-state index is 10.6. The monoisotopic (exact) mass is 273 g/mol. The van der Waals surface area contributed by atoms with Gasteiger partial charge in [-0.15, -0.1) is 0 Å². The third-order valence-electron chi connectivity index (χ3n) is 3.38. The van der Waals surface area contributed by atoms with Crippen molar-refractivity contribution < 1.29 is 9.34 Å². The minimum Gasteiger partial charge on any atom is -0.404 e. The molecule has 0 unspecified atom stereocenters. The highest BCUT2D eigenvalue weighted by Crippen LogP contribution is 2.25. The van der Waals surface area contributed by atoms with Gasteiger partial charge in [-0.05, 0) is 17.7 Å². The lowest BCUT2D eigenvalue weighted by Gasteiger charge is -2.23. The van der Waals surface area contributed by atoms with E-state index in [0.717, 1.165) is 25.3 Å². The zero-order valence-corrected chi connectivity index (χ0v) is 10.9. The predicted octanol–water partition coefficient (Wildman–Crippen LogP) is 2.30. The van der Waals surface area contributed by atoms with Crippen LogP contribution in [0.2, 0.25) is 0 Å². The maximum absolute atomic E-state index is 10.6. The molecule has 1 aliphatic rings. The predicted molar refractivity (Wildman–Crippen MR) is 74.6 cm³/mol. The van der Waals surface area contributed by atoms with E-state index in [1.807, 2.05) is 12.1 Å². The Morgan fingerprint density at radius 1 is 1.30 bits per heavy atom. The Labute approximate surface area is 116 Å². The molecule has 0 spiro atoms. The summed E-state index contributed by atoms with van der Waals surface area (Å²) < 4.78 is 5.24. The van der Waals surface area contributed by atoms with Crippen molar-refractivity contribution in [2.45, 2.75) is 13.1 Å². The van der Waals surface area contributed by atoms with Crippen molar-refractivity contribution in [3.8, 4) is 0 Å². The number of fused-ring (bicyclic) bond motifs is 1. The minimum absolute atomic E-state index is 0.207. The van der Waals surface area contributed by atoms with E-state index < -0.39 is 4.92 Å². The number of anilines is 1. The van der Waals surface area contributed by atoms with E-state index in [9.17, 15) is 10.1 Å². The van der Waals surface area contributed by atoms with Crippen molar-refractivity contribution in [1.82, 2.24) is 5.32 Å². The summed E-state index contributed by atoms with van der Waals surface area (Å²) in [7, 11) is 0. The van der Waals surface area contributed by atoms with Gasteiger partial charge in [0.15, 0.2) is 0 Å². The number of nitro groups is 1. The van der Waals surface area contributed by atoms with Crippen LogP contribution in [0.15, 0.2) is 40.8 Å². The molecule has 0 radical (unpaired) electrons. The number of hydrogen-bond donors (Lipinski definition) is 1. The first-order chi connectivity index (χ1) is 9.74. The van der Waals surface area contributed by atoms with E-state index >= 15 is 0 Å². The van der Waals surface area contributed by atoms with Gasteiger partial charge in [0.05, 0.1) is 12.6 Å². The van der Waals surface area contributed by atoms with Crippen LogP contribution in [0.3, 0.4) is 0 Å². The molecule has 0 saturated heterocycles. The molecule has 1 aromatic heterocycles. The summed E-state index contributed by atoms with van der Waals surface area (Å²) in [6, 6.07) is 11.2. The second-order valence-corrected chi connectivity index (χ2v) is 4.72. The summed E-state index contributed by atoms with van der Waals surface area (Å²) in [4.78, 5) is 12.3. The first-order valence-electron chi connectivity index (χ1n) is 6.51. The van der Waals surface area contributed by atoms with Crippen molar-refractivity contribution in [2.24, 2.45) is 0 Å². The Hall–Kier alpha value is -2.34. The Balaban J connectivity index is 1.84. The maximum Gasteiger partial charge on any atom is 0.433 e. The molecule has 1 aromatic carbocycles. The summed E-state index contributed by atoms with van der Waals surface area (Å²) in [5.74, 6) is 0.398. The molecule has 2 aromatic rings. The van der Waals surface area contributed by atoms with Gasteiger partial charge in [0.1, 0.15) is 10.7 Å². The molecule has 0 fully saturated rings. The first-order valence-corrected chi connectivity index (χ1v) is 6.51. The molecule has 0 atom stereocenters. The second-order valence-electron chi connectivity index (χ2n) is 4.72. The quantitative estimate of drug-likeness (QED) is 0.686. The number of para-hydroxylation sites is 1. The largest absolute Gasteiger partial charge is 0.433 e. The van der Waals surface area contributed by atoms with E-state index in [4.69, 9.17) is 4.42 Å². The standard InChI is InChI=1S/C14H15N3O3/c18-17(19)14-6-5-12(20-14)10-16-8-7-15-9-11-3-1-2-4-13(11)16/h1-6,15H,7-10H2. The molecule has 1 N–H and O–H groups in total. The van der Waals surface area contributed by atoms with E-state index in [2.05, 4.69) is 22.3 Å². The van der Waals surface area contributed by atoms with Crippen LogP contribution in [-0.4, -0.2) is 18.0 Å². The third-order valence-corrected chi connectivity index (χ3v) is 3.38. The van der Waals surface area contributed by atoms with Crippen LogP contribution >= 0.6 is 0 Å². The van der Waals surface area contributed by atoms with Gasteiger partial charge in [-0.25, -0.2) is 0 Å². The van der Waals surface area contributed by atoms with Gasteiger partial charge < -0.3 is 14.6 Å². The summed E-state index contributed by atoms with van der Waals surface area (Å²) in [6.45, 7) is 3.08. The highest BCUT2D eigenvalue weighted by atomic mass is 16.6. The summed E-state index contributed by atoms with van der Waals surface area (Å²) in [5.41, 5.74) is 2.38. The second kappa shape index (κ2) is 5.34. The SMILES string of the molecule is O=[N+]([O-])c1ccc(CN2CCNCc3ccccc32)o1. The summed E-state index contributed by atoms with van der Waals surface area (Å²) >= 11 is 0. The molecule has 104 valence electrons. The molecule has 0 amide bonds. The van der Waals surface area contributed by atoms with Crippen molar-refractivity contribution in [2.75, 3.05) is 18.0 Å². The molecular formula is C14H15N3O3. The highest BCUT2D eigenvalue weighted by molar-refractivity contribution is 5.54. The lowest BCUT2D eigenvalue weighted by molar-refractivity contribution is -0.402. The molecule has 0 saturated carbocycles. The van der Waals surface area contributed by atoms with Crippen LogP contribution < -0.4 is 10.2 Å². The van der Waals surface area contributed by atoms with Gasteiger partial charge in [-0.2, -0.15) is 0 Å². The van der Waals surface area contributed by atoms with Crippen LogP contribution in [0.5, 0.6) is 0 Å². The van der Waals surface area contributed by atoms with Crippen molar-refractivity contribution >= 4 is 11.6 Å². The normalized spacial score (nSPS) is 14.7. The number of nitrogens with one attached hydrogen (secondary N) is 1. The zero-order chi connectivity index (χ0) is 13.9. The molecule has 20 heavy (non-hydrogen) atoms. The molecule has 1 aliphatic heterocycles. The lowest BCUT2D eigenvalue weighted by atomic mass is 10.1. The Kier molecular flexibility index (Phi) is 3.39. The first kappa shape index (κ1) is 12.7. The molecule has 2 heterocycles. The molecule has 0 bridgehead atoms. The molecule has 6 heteroatoms. The van der Waals surface area contributed by atoms with Crippen molar-refractivity contribution in [1.29, 1.82) is 0 Å². The smallest absolute Gasteiger partial charge is 0.404 e. The topological polar surface area (TPSA) is 71.6 Å². The van der Waals surface area contributed by atoms with Crippen LogP contribution in [-0.2, 0) is 13.1 Å². The molecule has 0 aliphatic carbocycles. The van der Waals surface area contributed by atoms with Crippen LogP contribution in [0, 0.1) is 10.1 Å².